The molecule has 0 aliphatic carbocycles. The van der Waals surface area contributed by atoms with E-state index >= 15 is 0 Å². The van der Waals surface area contributed by atoms with Crippen LogP contribution < -0.4 is 0 Å². The predicted octanol–water partition coefficient (Wildman–Crippen LogP) is 2.75. The summed E-state index contributed by atoms with van der Waals surface area (Å²) >= 11 is 0. The number of rotatable bonds is 3. The summed E-state index contributed by atoms with van der Waals surface area (Å²) in [6.45, 7) is 7.82. The maximum Gasteiger partial charge on any atom is 0.158 e. The SMILES string of the molecule is CC(C)(C)c1cc(COC2CCCCO2)[nH]n1. The molecule has 1 aromatic rings. The summed E-state index contributed by atoms with van der Waals surface area (Å²) in [6.07, 6.45) is 3.31. The molecule has 1 aliphatic heterocycles. The van der Waals surface area contributed by atoms with Crippen LogP contribution in [0.25, 0.3) is 0 Å². The number of ether oxygens (including phenoxy) is 2. The molecule has 1 N–H and O–H groups in total. The van der Waals surface area contributed by atoms with Gasteiger partial charge in [-0.05, 0) is 25.3 Å². The normalized spacial score (nSPS) is 21.7. The third-order valence-corrected chi connectivity index (χ3v) is 2.96. The highest BCUT2D eigenvalue weighted by Crippen LogP contribution is 2.21. The van der Waals surface area contributed by atoms with Gasteiger partial charge in [0.05, 0.1) is 18.0 Å². The molecular weight excluding hydrogens is 216 g/mol. The highest BCUT2D eigenvalue weighted by atomic mass is 16.7. The molecule has 4 nitrogen and oxygen atoms in total. The van der Waals surface area contributed by atoms with Gasteiger partial charge in [-0.1, -0.05) is 20.8 Å². The van der Waals surface area contributed by atoms with Crippen molar-refractivity contribution in [3.05, 3.63) is 17.5 Å². The number of hydrogen-bond donors (Lipinski definition) is 1. The van der Waals surface area contributed by atoms with Crippen LogP contribution in [0.1, 0.15) is 51.4 Å². The monoisotopic (exact) mass is 238 g/mol. The number of nitrogens with one attached hydrogen (secondary N) is 1. The average Bonchev–Trinajstić information content (AvgIpc) is 2.76. The van der Waals surface area contributed by atoms with E-state index in [-0.39, 0.29) is 11.7 Å². The molecule has 96 valence electrons. The van der Waals surface area contributed by atoms with E-state index in [9.17, 15) is 0 Å². The molecule has 0 radical (unpaired) electrons. The first-order valence-electron chi connectivity index (χ1n) is 6.34. The zero-order chi connectivity index (χ0) is 12.3. The quantitative estimate of drug-likeness (QED) is 0.880. The summed E-state index contributed by atoms with van der Waals surface area (Å²) in [5.41, 5.74) is 2.17. The number of hydrogen-bond acceptors (Lipinski definition) is 3. The molecule has 1 atom stereocenters. The van der Waals surface area contributed by atoms with Crippen LogP contribution in [0.4, 0.5) is 0 Å². The minimum absolute atomic E-state index is 0.0369. The second-order valence-corrected chi connectivity index (χ2v) is 5.64. The lowest BCUT2D eigenvalue weighted by Gasteiger charge is -2.22. The third kappa shape index (κ3) is 3.54. The van der Waals surface area contributed by atoms with Crippen LogP contribution >= 0.6 is 0 Å². The second kappa shape index (κ2) is 5.19. The predicted molar refractivity (Wildman–Crippen MR) is 65.7 cm³/mol. The van der Waals surface area contributed by atoms with E-state index in [4.69, 9.17) is 9.47 Å². The lowest BCUT2D eigenvalue weighted by molar-refractivity contribution is -0.169. The number of H-pyrrole nitrogens is 1. The van der Waals surface area contributed by atoms with Gasteiger partial charge in [0.1, 0.15) is 0 Å². The molecule has 17 heavy (non-hydrogen) atoms. The van der Waals surface area contributed by atoms with Gasteiger partial charge in [0.25, 0.3) is 0 Å². The lowest BCUT2D eigenvalue weighted by atomic mass is 9.92. The van der Waals surface area contributed by atoms with Gasteiger partial charge >= 0.3 is 0 Å². The van der Waals surface area contributed by atoms with Crippen LogP contribution in [0.3, 0.4) is 0 Å². The van der Waals surface area contributed by atoms with E-state index in [2.05, 4.69) is 37.0 Å². The summed E-state index contributed by atoms with van der Waals surface area (Å²) in [5.74, 6) is 0. The molecule has 0 saturated carbocycles. The maximum atomic E-state index is 5.70. The van der Waals surface area contributed by atoms with Gasteiger partial charge < -0.3 is 9.47 Å². The molecule has 0 spiro atoms. The summed E-state index contributed by atoms with van der Waals surface area (Å²) in [4.78, 5) is 0. The summed E-state index contributed by atoms with van der Waals surface area (Å²) in [7, 11) is 0. The van der Waals surface area contributed by atoms with Crippen molar-refractivity contribution in [3.8, 4) is 0 Å². The fourth-order valence-corrected chi connectivity index (χ4v) is 1.85. The van der Waals surface area contributed by atoms with Crippen LogP contribution in [-0.2, 0) is 21.5 Å². The Balaban J connectivity index is 1.84. The van der Waals surface area contributed by atoms with Crippen molar-refractivity contribution in [2.75, 3.05) is 6.61 Å². The van der Waals surface area contributed by atoms with Crippen LogP contribution in [0, 0.1) is 0 Å². The Bertz CT molecular complexity index is 349. The van der Waals surface area contributed by atoms with Crippen molar-refractivity contribution in [1.29, 1.82) is 0 Å². The minimum atomic E-state index is -0.0369. The fraction of sp³-hybridized carbons (Fsp3) is 0.769. The highest BCUT2D eigenvalue weighted by molar-refractivity contribution is 5.15. The Morgan fingerprint density at radius 3 is 2.88 bits per heavy atom. The molecule has 1 fully saturated rings. The molecule has 2 heterocycles. The summed E-state index contributed by atoms with van der Waals surface area (Å²) in [6, 6.07) is 2.07. The third-order valence-electron chi connectivity index (χ3n) is 2.96. The maximum absolute atomic E-state index is 5.70. The van der Waals surface area contributed by atoms with Crippen molar-refractivity contribution in [2.24, 2.45) is 0 Å². The van der Waals surface area contributed by atoms with E-state index in [1.54, 1.807) is 0 Å². The van der Waals surface area contributed by atoms with E-state index in [1.807, 2.05) is 0 Å². The molecule has 1 aromatic heterocycles. The molecule has 1 aliphatic rings. The molecule has 0 aromatic carbocycles. The lowest BCUT2D eigenvalue weighted by Crippen LogP contribution is -2.22. The van der Waals surface area contributed by atoms with E-state index in [1.165, 1.54) is 6.42 Å². The van der Waals surface area contributed by atoms with Crippen LogP contribution in [-0.4, -0.2) is 23.1 Å². The first-order valence-corrected chi connectivity index (χ1v) is 6.34. The summed E-state index contributed by atoms with van der Waals surface area (Å²) < 4.78 is 11.2. The molecule has 0 amide bonds. The van der Waals surface area contributed by atoms with E-state index in [0.717, 1.165) is 30.8 Å². The van der Waals surface area contributed by atoms with Gasteiger partial charge in [-0.2, -0.15) is 5.10 Å². The van der Waals surface area contributed by atoms with Crippen LogP contribution in [0.15, 0.2) is 6.07 Å². The average molecular weight is 238 g/mol. The van der Waals surface area contributed by atoms with Gasteiger partial charge in [0.2, 0.25) is 0 Å². The van der Waals surface area contributed by atoms with Crippen LogP contribution in [0.5, 0.6) is 0 Å². The second-order valence-electron chi connectivity index (χ2n) is 5.64. The Morgan fingerprint density at radius 1 is 1.47 bits per heavy atom. The number of nitrogens with zero attached hydrogens (tertiary/aromatic N) is 1. The smallest absolute Gasteiger partial charge is 0.158 e. The zero-order valence-corrected chi connectivity index (χ0v) is 11.0. The van der Waals surface area contributed by atoms with Crippen molar-refractivity contribution in [1.82, 2.24) is 10.2 Å². The fourth-order valence-electron chi connectivity index (χ4n) is 1.85. The van der Waals surface area contributed by atoms with E-state index < -0.39 is 0 Å². The van der Waals surface area contributed by atoms with Gasteiger partial charge in [0.15, 0.2) is 6.29 Å². The van der Waals surface area contributed by atoms with Crippen LogP contribution in [0.2, 0.25) is 0 Å². The highest BCUT2D eigenvalue weighted by Gasteiger charge is 2.18. The standard InChI is InChI=1S/C13H22N2O2/c1-13(2,3)11-8-10(14-15-11)9-17-12-6-4-5-7-16-12/h8,12H,4-7,9H2,1-3H3,(H,14,15). The molecule has 4 heteroatoms. The Kier molecular flexibility index (Phi) is 3.84. The summed E-state index contributed by atoms with van der Waals surface area (Å²) in [5, 5.41) is 7.33. The first kappa shape index (κ1) is 12.6. The largest absolute Gasteiger partial charge is 0.353 e. The topological polar surface area (TPSA) is 47.1 Å². The van der Waals surface area contributed by atoms with Crippen molar-refractivity contribution in [3.63, 3.8) is 0 Å². The molecule has 0 bridgehead atoms. The number of aromatic nitrogens is 2. The van der Waals surface area contributed by atoms with Gasteiger partial charge in [0, 0.05) is 12.0 Å². The Labute approximate surface area is 103 Å². The Hall–Kier alpha value is -0.870. The van der Waals surface area contributed by atoms with Crippen molar-refractivity contribution in [2.45, 2.75) is 58.3 Å². The molecule has 1 unspecified atom stereocenters. The molecule has 2 rings (SSSR count). The first-order chi connectivity index (χ1) is 8.05. The van der Waals surface area contributed by atoms with Gasteiger partial charge in [-0.25, -0.2) is 0 Å². The van der Waals surface area contributed by atoms with E-state index in [0.29, 0.717) is 6.61 Å². The van der Waals surface area contributed by atoms with Crippen molar-refractivity contribution < 1.29 is 9.47 Å². The van der Waals surface area contributed by atoms with Gasteiger partial charge in [-0.3, -0.25) is 5.10 Å². The van der Waals surface area contributed by atoms with Gasteiger partial charge in [-0.15, -0.1) is 0 Å². The number of aromatic amines is 1. The van der Waals surface area contributed by atoms with Crippen molar-refractivity contribution >= 4 is 0 Å². The minimum Gasteiger partial charge on any atom is -0.353 e. The molecular formula is C13H22N2O2. The Morgan fingerprint density at radius 2 is 2.29 bits per heavy atom. The molecule has 1 saturated heterocycles. The zero-order valence-electron chi connectivity index (χ0n) is 11.0.